The Kier molecular flexibility index (Phi) is 7.28. The molecule has 0 radical (unpaired) electrons. The van der Waals surface area contributed by atoms with Crippen LogP contribution < -0.4 is 5.32 Å². The number of aromatic nitrogens is 3. The maximum Gasteiger partial charge on any atom is 0.233 e. The van der Waals surface area contributed by atoms with Gasteiger partial charge in [-0.15, -0.1) is 16.8 Å². The Morgan fingerprint density at radius 2 is 2.10 bits per heavy atom. The maximum absolute atomic E-state index is 12.8. The second-order valence-electron chi connectivity index (χ2n) is 6.75. The van der Waals surface area contributed by atoms with E-state index in [1.807, 2.05) is 37.5 Å². The number of halogens is 2. The summed E-state index contributed by atoms with van der Waals surface area (Å²) in [5.74, 6) is 1.30. The maximum atomic E-state index is 12.8. The molecule has 2 aromatic heterocycles. The number of nitrogens with zero attached hydrogens (tertiary/aromatic N) is 3. The monoisotopic (exact) mass is 464 g/mol. The van der Waals surface area contributed by atoms with Gasteiger partial charge >= 0.3 is 0 Å². The van der Waals surface area contributed by atoms with Gasteiger partial charge in [0.15, 0.2) is 11.0 Å². The number of rotatable bonds is 8. The van der Waals surface area contributed by atoms with E-state index in [0.29, 0.717) is 27.6 Å². The van der Waals surface area contributed by atoms with Crippen LogP contribution in [-0.2, 0) is 11.3 Å². The quantitative estimate of drug-likeness (QED) is 0.341. The Bertz CT molecular complexity index is 1060. The fraction of sp³-hybridized carbons (Fsp3) is 0.286. The van der Waals surface area contributed by atoms with Gasteiger partial charge < -0.3 is 9.73 Å². The first kappa shape index (κ1) is 22.5. The summed E-state index contributed by atoms with van der Waals surface area (Å²) < 4.78 is 7.30. The van der Waals surface area contributed by atoms with Crippen LogP contribution in [0.5, 0.6) is 0 Å². The molecule has 0 aliphatic carbocycles. The highest BCUT2D eigenvalue weighted by molar-refractivity contribution is 8.00. The van der Waals surface area contributed by atoms with Crippen molar-refractivity contribution in [1.82, 2.24) is 20.1 Å². The van der Waals surface area contributed by atoms with Gasteiger partial charge in [-0.25, -0.2) is 0 Å². The molecule has 2 heterocycles. The molecule has 3 aromatic rings. The summed E-state index contributed by atoms with van der Waals surface area (Å²) in [6.45, 7) is 9.90. The molecule has 0 spiro atoms. The summed E-state index contributed by atoms with van der Waals surface area (Å²) in [6.07, 6.45) is 3.38. The van der Waals surface area contributed by atoms with E-state index in [-0.39, 0.29) is 11.9 Å². The van der Waals surface area contributed by atoms with Crippen LogP contribution in [-0.4, -0.2) is 25.9 Å². The second kappa shape index (κ2) is 9.73. The van der Waals surface area contributed by atoms with E-state index in [0.717, 1.165) is 16.9 Å². The molecule has 0 saturated heterocycles. The molecule has 3 rings (SSSR count). The number of carbonyl (C=O) groups is 1. The smallest absolute Gasteiger partial charge is 0.233 e. The van der Waals surface area contributed by atoms with Crippen LogP contribution in [0.3, 0.4) is 0 Å². The zero-order chi connectivity index (χ0) is 21.8. The standard InChI is InChI=1S/C21H22Cl2N4O2S/c1-5-9-27-19(17-8-10-29-13(17)3)25-26-21(27)30-14(4)20(28)24-12(2)16-7-6-15(22)11-18(16)23/h5-8,10-12,14H,1,9H2,2-4H3,(H,24,28). The number of allylic oxidation sites excluding steroid dienone is 1. The SMILES string of the molecule is C=CCn1c(SC(C)C(=O)NC(C)c2ccc(Cl)cc2Cl)nnc1-c1ccoc1C. The van der Waals surface area contributed by atoms with Gasteiger partial charge in [-0.05, 0) is 44.5 Å². The summed E-state index contributed by atoms with van der Waals surface area (Å²) in [5, 5.41) is 12.9. The van der Waals surface area contributed by atoms with E-state index in [1.165, 1.54) is 11.8 Å². The highest BCUT2D eigenvalue weighted by Crippen LogP contribution is 2.30. The Labute approximate surface area is 189 Å². The van der Waals surface area contributed by atoms with Crippen LogP contribution in [0.2, 0.25) is 10.0 Å². The number of amides is 1. The average Bonchev–Trinajstić information content (AvgIpc) is 3.28. The summed E-state index contributed by atoms with van der Waals surface area (Å²) in [6, 6.07) is 6.81. The van der Waals surface area contributed by atoms with Crippen molar-refractivity contribution in [2.45, 2.75) is 43.8 Å². The molecule has 2 atom stereocenters. The highest BCUT2D eigenvalue weighted by atomic mass is 35.5. The number of carbonyl (C=O) groups excluding carboxylic acids is 1. The van der Waals surface area contributed by atoms with Gasteiger partial charge in [0.25, 0.3) is 0 Å². The van der Waals surface area contributed by atoms with Crippen LogP contribution >= 0.6 is 35.0 Å². The minimum absolute atomic E-state index is 0.132. The average molecular weight is 465 g/mol. The van der Waals surface area contributed by atoms with Crippen molar-refractivity contribution in [1.29, 1.82) is 0 Å². The minimum Gasteiger partial charge on any atom is -0.469 e. The molecular weight excluding hydrogens is 443 g/mol. The number of thioether (sulfide) groups is 1. The van der Waals surface area contributed by atoms with E-state index < -0.39 is 5.25 Å². The minimum atomic E-state index is -0.399. The molecule has 0 aliphatic rings. The largest absolute Gasteiger partial charge is 0.469 e. The number of nitrogens with one attached hydrogen (secondary N) is 1. The van der Waals surface area contributed by atoms with Crippen LogP contribution in [0, 0.1) is 6.92 Å². The molecule has 30 heavy (non-hydrogen) atoms. The van der Waals surface area contributed by atoms with Crippen molar-refractivity contribution in [3.05, 3.63) is 64.6 Å². The summed E-state index contributed by atoms with van der Waals surface area (Å²) in [7, 11) is 0. The topological polar surface area (TPSA) is 73.0 Å². The first-order valence-electron chi connectivity index (χ1n) is 9.32. The third-order valence-electron chi connectivity index (χ3n) is 4.57. The summed E-state index contributed by atoms with van der Waals surface area (Å²) in [4.78, 5) is 12.8. The molecule has 0 bridgehead atoms. The molecule has 0 aliphatic heterocycles. The van der Waals surface area contributed by atoms with Crippen molar-refractivity contribution in [3.8, 4) is 11.4 Å². The molecule has 158 valence electrons. The van der Waals surface area contributed by atoms with Crippen molar-refractivity contribution < 1.29 is 9.21 Å². The van der Waals surface area contributed by atoms with Crippen LogP contribution in [0.1, 0.15) is 31.2 Å². The number of furan rings is 1. The van der Waals surface area contributed by atoms with Crippen LogP contribution in [0.15, 0.2) is 52.8 Å². The van der Waals surface area contributed by atoms with Crippen LogP contribution in [0.4, 0.5) is 0 Å². The van der Waals surface area contributed by atoms with Crippen molar-refractivity contribution >= 4 is 40.9 Å². The number of benzene rings is 1. The summed E-state index contributed by atoms with van der Waals surface area (Å²) in [5.41, 5.74) is 1.67. The number of aryl methyl sites for hydroxylation is 1. The fourth-order valence-corrected chi connectivity index (χ4v) is 4.40. The third kappa shape index (κ3) is 4.91. The van der Waals surface area contributed by atoms with E-state index in [1.54, 1.807) is 24.5 Å². The van der Waals surface area contributed by atoms with Gasteiger partial charge in [0, 0.05) is 16.6 Å². The summed E-state index contributed by atoms with van der Waals surface area (Å²) >= 11 is 13.5. The second-order valence-corrected chi connectivity index (χ2v) is 8.90. The highest BCUT2D eigenvalue weighted by Gasteiger charge is 2.23. The molecule has 2 unspecified atom stereocenters. The molecular formula is C21H22Cl2N4O2S. The van der Waals surface area contributed by atoms with E-state index in [2.05, 4.69) is 22.1 Å². The van der Waals surface area contributed by atoms with Crippen molar-refractivity contribution in [2.75, 3.05) is 0 Å². The van der Waals surface area contributed by atoms with Gasteiger partial charge in [0.05, 0.1) is 23.1 Å². The lowest BCUT2D eigenvalue weighted by molar-refractivity contribution is -0.120. The van der Waals surface area contributed by atoms with Crippen LogP contribution in [0.25, 0.3) is 11.4 Å². The lowest BCUT2D eigenvalue weighted by Gasteiger charge is -2.19. The zero-order valence-corrected chi connectivity index (χ0v) is 19.2. The van der Waals surface area contributed by atoms with E-state index in [9.17, 15) is 4.79 Å². The molecule has 1 amide bonds. The van der Waals surface area contributed by atoms with E-state index >= 15 is 0 Å². The zero-order valence-electron chi connectivity index (χ0n) is 16.9. The molecule has 6 nitrogen and oxygen atoms in total. The van der Waals surface area contributed by atoms with Gasteiger partial charge in [0.1, 0.15) is 5.76 Å². The lowest BCUT2D eigenvalue weighted by atomic mass is 10.1. The number of hydrogen-bond donors (Lipinski definition) is 1. The third-order valence-corrected chi connectivity index (χ3v) is 6.21. The lowest BCUT2D eigenvalue weighted by Crippen LogP contribution is -2.33. The molecule has 9 heteroatoms. The van der Waals surface area contributed by atoms with Gasteiger partial charge in [-0.1, -0.05) is 47.1 Å². The van der Waals surface area contributed by atoms with Crippen molar-refractivity contribution in [2.24, 2.45) is 0 Å². The Balaban J connectivity index is 1.74. The van der Waals surface area contributed by atoms with Gasteiger partial charge in [0.2, 0.25) is 5.91 Å². The predicted octanol–water partition coefficient (Wildman–Crippen LogP) is 5.70. The molecule has 0 fully saturated rings. The first-order chi connectivity index (χ1) is 14.3. The molecule has 1 N–H and O–H groups in total. The van der Waals surface area contributed by atoms with E-state index in [4.69, 9.17) is 27.6 Å². The van der Waals surface area contributed by atoms with Crippen molar-refractivity contribution in [3.63, 3.8) is 0 Å². The Morgan fingerprint density at radius 1 is 1.33 bits per heavy atom. The van der Waals surface area contributed by atoms with Gasteiger partial charge in [-0.2, -0.15) is 0 Å². The number of hydrogen-bond acceptors (Lipinski definition) is 5. The Morgan fingerprint density at radius 3 is 2.73 bits per heavy atom. The molecule has 1 aromatic carbocycles. The molecule has 0 saturated carbocycles. The predicted molar refractivity (Wildman–Crippen MR) is 121 cm³/mol. The first-order valence-corrected chi connectivity index (χ1v) is 11.0. The normalized spacial score (nSPS) is 13.1. The van der Waals surface area contributed by atoms with Gasteiger partial charge in [-0.3, -0.25) is 9.36 Å². The fourth-order valence-electron chi connectivity index (χ4n) is 2.96. The Hall–Kier alpha value is -2.22.